The highest BCUT2D eigenvalue weighted by atomic mass is 19.3. The van der Waals surface area contributed by atoms with Crippen molar-refractivity contribution in [1.29, 1.82) is 0 Å². The van der Waals surface area contributed by atoms with Crippen LogP contribution in [-0.2, 0) is 0 Å². The van der Waals surface area contributed by atoms with E-state index in [-0.39, 0.29) is 34.1 Å². The van der Waals surface area contributed by atoms with Crippen LogP contribution in [0, 0.1) is 0 Å². The molecule has 0 saturated carbocycles. The van der Waals surface area contributed by atoms with Gasteiger partial charge >= 0.3 is 12.3 Å². The third-order valence-corrected chi connectivity index (χ3v) is 3.61. The summed E-state index contributed by atoms with van der Waals surface area (Å²) in [4.78, 5) is 30.0. The molecule has 10 heteroatoms. The molecule has 2 heterocycles. The molecule has 0 unspecified atom stereocenters. The minimum absolute atomic E-state index is 0.0334. The summed E-state index contributed by atoms with van der Waals surface area (Å²) in [6.07, 6.45) is -3.73. The molecule has 1 aliphatic rings. The van der Waals surface area contributed by atoms with Gasteiger partial charge < -0.3 is 19.6 Å². The number of nitrogens with one attached hydrogen (secondary N) is 2. The molecule has 0 aliphatic carbocycles. The van der Waals surface area contributed by atoms with E-state index >= 15 is 0 Å². The van der Waals surface area contributed by atoms with E-state index in [1.165, 1.54) is 36.4 Å². The molecule has 0 bridgehead atoms. The fraction of sp³-hybridized carbons (Fsp3) is 0.0625. The van der Waals surface area contributed by atoms with E-state index in [4.69, 9.17) is 5.11 Å². The number of alkyl halides is 2. The smallest absolute Gasteiger partial charge is 0.478 e. The van der Waals surface area contributed by atoms with Gasteiger partial charge in [0.2, 0.25) is 5.95 Å². The number of aromatic carboxylic acids is 1. The summed E-state index contributed by atoms with van der Waals surface area (Å²) in [6, 6.07) is 8.00. The summed E-state index contributed by atoms with van der Waals surface area (Å²) in [5.74, 6) is -2.01. The van der Waals surface area contributed by atoms with Gasteiger partial charge in [-0.2, -0.15) is 0 Å². The number of carboxylic acids is 1. The van der Waals surface area contributed by atoms with Gasteiger partial charge in [-0.15, -0.1) is 8.78 Å². The number of aromatic amines is 1. The van der Waals surface area contributed by atoms with Crippen molar-refractivity contribution in [2.45, 2.75) is 6.29 Å². The fourth-order valence-electron chi connectivity index (χ4n) is 2.49. The number of aromatic nitrogens is 2. The van der Waals surface area contributed by atoms with Gasteiger partial charge in [0.25, 0.3) is 5.91 Å². The lowest BCUT2D eigenvalue weighted by Crippen LogP contribution is -2.25. The quantitative estimate of drug-likeness (QED) is 0.661. The molecule has 8 nitrogen and oxygen atoms in total. The number of halogens is 2. The summed E-state index contributed by atoms with van der Waals surface area (Å²) >= 11 is 0. The molecule has 0 saturated heterocycles. The number of ether oxygens (including phenoxy) is 2. The molecule has 3 N–H and O–H groups in total. The molecule has 3 aromatic rings. The minimum Gasteiger partial charge on any atom is -0.478 e. The van der Waals surface area contributed by atoms with E-state index < -0.39 is 18.2 Å². The number of fused-ring (bicyclic) bond motifs is 2. The van der Waals surface area contributed by atoms with Crippen molar-refractivity contribution in [3.8, 4) is 11.5 Å². The molecular formula is C16H9F2N3O5. The highest BCUT2D eigenvalue weighted by Crippen LogP contribution is 2.42. The van der Waals surface area contributed by atoms with Crippen LogP contribution < -0.4 is 14.8 Å². The molecule has 0 atom stereocenters. The Kier molecular flexibility index (Phi) is 3.29. The molecule has 1 aliphatic heterocycles. The van der Waals surface area contributed by atoms with E-state index in [0.717, 1.165) is 0 Å². The molecule has 2 aromatic carbocycles. The number of nitrogens with zero attached hydrogens (tertiary/aromatic N) is 1. The third kappa shape index (κ3) is 2.77. The van der Waals surface area contributed by atoms with Crippen LogP contribution in [-0.4, -0.2) is 33.2 Å². The normalized spacial score (nSPS) is 14.4. The molecule has 1 amide bonds. The lowest BCUT2D eigenvalue weighted by Gasteiger charge is -2.04. The van der Waals surface area contributed by atoms with Gasteiger partial charge in [0.05, 0.1) is 16.6 Å². The number of carbonyl (C=O) groups excluding carboxylic acids is 1. The first-order valence-electron chi connectivity index (χ1n) is 7.25. The summed E-state index contributed by atoms with van der Waals surface area (Å²) < 4.78 is 34.8. The summed E-state index contributed by atoms with van der Waals surface area (Å²) in [7, 11) is 0. The number of imidazole rings is 1. The molecular weight excluding hydrogens is 352 g/mol. The van der Waals surface area contributed by atoms with Crippen molar-refractivity contribution in [3.05, 3.63) is 47.5 Å². The second kappa shape index (κ2) is 5.41. The van der Waals surface area contributed by atoms with Crippen molar-refractivity contribution in [2.75, 3.05) is 5.32 Å². The highest BCUT2D eigenvalue weighted by molar-refractivity contribution is 6.05. The van der Waals surface area contributed by atoms with Crippen molar-refractivity contribution in [2.24, 2.45) is 0 Å². The first-order valence-corrected chi connectivity index (χ1v) is 7.25. The SMILES string of the molecule is O=C(O)c1cccc(C(=O)Nc2nc3cc4c(cc3[nH]2)OC(F)(F)O4)c1. The van der Waals surface area contributed by atoms with E-state index in [0.29, 0.717) is 5.52 Å². The summed E-state index contributed by atoms with van der Waals surface area (Å²) in [5.41, 5.74) is 0.715. The molecule has 1 aromatic heterocycles. The Morgan fingerprint density at radius 3 is 2.54 bits per heavy atom. The molecule has 0 radical (unpaired) electrons. The predicted molar refractivity (Wildman–Crippen MR) is 83.7 cm³/mol. The Hall–Kier alpha value is -3.69. The molecule has 4 rings (SSSR count). The third-order valence-electron chi connectivity index (χ3n) is 3.61. The Bertz CT molecular complexity index is 1020. The number of benzene rings is 2. The average molecular weight is 361 g/mol. The number of anilines is 1. The maximum Gasteiger partial charge on any atom is 0.586 e. The van der Waals surface area contributed by atoms with Crippen LogP contribution in [0.25, 0.3) is 11.0 Å². The Morgan fingerprint density at radius 2 is 1.81 bits per heavy atom. The van der Waals surface area contributed by atoms with Crippen LogP contribution in [0.5, 0.6) is 11.5 Å². The number of hydrogen-bond donors (Lipinski definition) is 3. The van der Waals surface area contributed by atoms with Crippen molar-refractivity contribution in [3.63, 3.8) is 0 Å². The second-order valence-corrected chi connectivity index (χ2v) is 5.41. The first kappa shape index (κ1) is 15.8. The van der Waals surface area contributed by atoms with Gasteiger partial charge in [0.1, 0.15) is 0 Å². The Labute approximate surface area is 143 Å². The van der Waals surface area contributed by atoms with E-state index in [9.17, 15) is 18.4 Å². The largest absolute Gasteiger partial charge is 0.586 e. The Morgan fingerprint density at radius 1 is 1.12 bits per heavy atom. The van der Waals surface area contributed by atoms with Crippen LogP contribution in [0.2, 0.25) is 0 Å². The number of carboxylic acid groups (broad SMARTS) is 1. The highest BCUT2D eigenvalue weighted by Gasteiger charge is 2.43. The molecule has 132 valence electrons. The number of H-pyrrole nitrogens is 1. The zero-order valence-electron chi connectivity index (χ0n) is 12.7. The second-order valence-electron chi connectivity index (χ2n) is 5.41. The standard InChI is InChI=1S/C16H9F2N3O5/c17-16(18)25-11-5-9-10(6-12(11)26-16)20-15(19-9)21-13(22)7-2-1-3-8(4-7)14(23)24/h1-6H,(H,23,24)(H2,19,20,21,22). The van der Waals surface area contributed by atoms with E-state index in [2.05, 4.69) is 24.8 Å². The number of carbonyl (C=O) groups is 2. The van der Waals surface area contributed by atoms with Gasteiger partial charge in [0.15, 0.2) is 11.5 Å². The van der Waals surface area contributed by atoms with Crippen LogP contribution in [0.4, 0.5) is 14.7 Å². The zero-order chi connectivity index (χ0) is 18.5. The van der Waals surface area contributed by atoms with Gasteiger partial charge in [-0.3, -0.25) is 10.1 Å². The lowest BCUT2D eigenvalue weighted by molar-refractivity contribution is -0.286. The number of hydrogen-bond acceptors (Lipinski definition) is 5. The fourth-order valence-corrected chi connectivity index (χ4v) is 2.49. The van der Waals surface area contributed by atoms with Crippen LogP contribution in [0.3, 0.4) is 0 Å². The number of rotatable bonds is 3. The van der Waals surface area contributed by atoms with Gasteiger partial charge in [-0.05, 0) is 18.2 Å². The van der Waals surface area contributed by atoms with Gasteiger partial charge in [-0.25, -0.2) is 9.78 Å². The maximum absolute atomic E-state index is 13.0. The van der Waals surface area contributed by atoms with Crippen molar-refractivity contribution in [1.82, 2.24) is 9.97 Å². The van der Waals surface area contributed by atoms with Gasteiger partial charge in [-0.1, -0.05) is 6.07 Å². The molecule has 26 heavy (non-hydrogen) atoms. The summed E-state index contributed by atoms with van der Waals surface area (Å²) in [5, 5.41) is 11.4. The Balaban J connectivity index is 1.59. The number of amides is 1. The summed E-state index contributed by atoms with van der Waals surface area (Å²) in [6.45, 7) is 0. The maximum atomic E-state index is 13.0. The predicted octanol–water partition coefficient (Wildman–Crippen LogP) is 2.83. The van der Waals surface area contributed by atoms with Crippen LogP contribution in [0.1, 0.15) is 20.7 Å². The first-order chi connectivity index (χ1) is 12.3. The average Bonchev–Trinajstić information content (AvgIpc) is 3.09. The topological polar surface area (TPSA) is 114 Å². The van der Waals surface area contributed by atoms with Crippen LogP contribution >= 0.6 is 0 Å². The van der Waals surface area contributed by atoms with Gasteiger partial charge in [0, 0.05) is 17.7 Å². The van der Waals surface area contributed by atoms with Crippen LogP contribution in [0.15, 0.2) is 36.4 Å². The minimum atomic E-state index is -3.73. The van der Waals surface area contributed by atoms with E-state index in [1.807, 2.05) is 0 Å². The van der Waals surface area contributed by atoms with Crippen molar-refractivity contribution >= 4 is 28.9 Å². The lowest BCUT2D eigenvalue weighted by atomic mass is 10.1. The monoisotopic (exact) mass is 361 g/mol. The molecule has 0 fully saturated rings. The van der Waals surface area contributed by atoms with Crippen molar-refractivity contribution < 1.29 is 33.0 Å². The molecule has 0 spiro atoms. The zero-order valence-corrected chi connectivity index (χ0v) is 12.7. The van der Waals surface area contributed by atoms with E-state index in [1.54, 1.807) is 0 Å².